The van der Waals surface area contributed by atoms with Crippen LogP contribution in [0.5, 0.6) is 0 Å². The van der Waals surface area contributed by atoms with E-state index in [0.29, 0.717) is 0 Å². The van der Waals surface area contributed by atoms with E-state index in [0.717, 1.165) is 44.4 Å². The van der Waals surface area contributed by atoms with Crippen molar-refractivity contribution in [3.05, 3.63) is 188 Å². The van der Waals surface area contributed by atoms with Crippen molar-refractivity contribution in [2.45, 2.75) is 0 Å². The maximum atomic E-state index is 6.91. The number of anilines is 3. The van der Waals surface area contributed by atoms with E-state index >= 15 is 0 Å². The van der Waals surface area contributed by atoms with Crippen LogP contribution in [0, 0.1) is 0 Å². The van der Waals surface area contributed by atoms with Gasteiger partial charge in [0, 0.05) is 27.5 Å². The fourth-order valence-electron chi connectivity index (χ4n) is 8.33. The van der Waals surface area contributed by atoms with Gasteiger partial charge in [0.25, 0.3) is 0 Å². The van der Waals surface area contributed by atoms with Crippen molar-refractivity contribution in [3.8, 4) is 11.1 Å². The van der Waals surface area contributed by atoms with Gasteiger partial charge in [-0.2, -0.15) is 0 Å². The lowest BCUT2D eigenvalue weighted by Crippen LogP contribution is -2.10. The van der Waals surface area contributed by atoms with Crippen molar-refractivity contribution in [1.82, 2.24) is 0 Å². The monoisotopic (exact) mass is 661 g/mol. The second-order valence-corrected chi connectivity index (χ2v) is 13.7. The molecule has 52 heavy (non-hydrogen) atoms. The highest BCUT2D eigenvalue weighted by atomic mass is 16.3. The number of hydrogen-bond acceptors (Lipinski definition) is 2. The summed E-state index contributed by atoms with van der Waals surface area (Å²) < 4.78 is 6.91. The topological polar surface area (TPSA) is 16.4 Å². The van der Waals surface area contributed by atoms with Gasteiger partial charge in [0.2, 0.25) is 0 Å². The molecule has 242 valence electrons. The lowest BCUT2D eigenvalue weighted by Gasteiger charge is -2.26. The summed E-state index contributed by atoms with van der Waals surface area (Å²) in [5.74, 6) is 0. The predicted octanol–water partition coefficient (Wildman–Crippen LogP) is 14.5. The van der Waals surface area contributed by atoms with Gasteiger partial charge in [-0.25, -0.2) is 0 Å². The van der Waals surface area contributed by atoms with Crippen LogP contribution in [0.2, 0.25) is 0 Å². The zero-order valence-corrected chi connectivity index (χ0v) is 28.3. The summed E-state index contributed by atoms with van der Waals surface area (Å²) in [4.78, 5) is 2.36. The molecule has 0 aliphatic rings. The SMILES string of the molecule is c1ccc2c(c1)ccc1ccc(N(c3ccc(-c4cccc5c4ccc4ccccc45)cc3)c3cccc4c3oc3c5ccccc5ccc43)cc12. The molecule has 1 aromatic heterocycles. The normalized spacial score (nSPS) is 11.8. The van der Waals surface area contributed by atoms with Crippen molar-refractivity contribution in [1.29, 1.82) is 0 Å². The van der Waals surface area contributed by atoms with Crippen molar-refractivity contribution < 1.29 is 4.42 Å². The van der Waals surface area contributed by atoms with Crippen LogP contribution < -0.4 is 4.90 Å². The van der Waals surface area contributed by atoms with Crippen LogP contribution >= 0.6 is 0 Å². The molecule has 0 amide bonds. The molecule has 0 N–H and O–H groups in total. The fourth-order valence-corrected chi connectivity index (χ4v) is 8.33. The first-order chi connectivity index (χ1) is 25.8. The predicted molar refractivity (Wildman–Crippen MR) is 221 cm³/mol. The molecule has 2 heteroatoms. The Morgan fingerprint density at radius 3 is 1.60 bits per heavy atom. The van der Waals surface area contributed by atoms with E-state index in [1.54, 1.807) is 0 Å². The van der Waals surface area contributed by atoms with Gasteiger partial charge < -0.3 is 9.32 Å². The number of nitrogens with zero attached hydrogens (tertiary/aromatic N) is 1. The lowest BCUT2D eigenvalue weighted by molar-refractivity contribution is 0.673. The average Bonchev–Trinajstić information content (AvgIpc) is 3.61. The van der Waals surface area contributed by atoms with E-state index in [4.69, 9.17) is 4.42 Å². The largest absolute Gasteiger partial charge is 0.453 e. The first-order valence-electron chi connectivity index (χ1n) is 17.8. The molecule has 0 saturated carbocycles. The minimum absolute atomic E-state index is 0.872. The maximum Gasteiger partial charge on any atom is 0.159 e. The van der Waals surface area contributed by atoms with Crippen LogP contribution in [-0.2, 0) is 0 Å². The minimum atomic E-state index is 0.872. The van der Waals surface area contributed by atoms with Crippen molar-refractivity contribution >= 4 is 92.9 Å². The second-order valence-electron chi connectivity index (χ2n) is 13.7. The molecule has 0 aliphatic heterocycles. The number of fused-ring (bicyclic) bond motifs is 11. The standard InChI is InChI=1S/C50H31NO/c1-4-12-39-33(10-1)24-29-44-40(15-7-16-43(39)44)35-21-26-37(27-22-35)51(38-28-23-36-20-19-32-9-2-5-13-41(32)47(36)31-38)48-18-8-17-45-46-30-25-34-11-3-6-14-42(34)49(46)52-50(45)48/h1-31H. The lowest BCUT2D eigenvalue weighted by atomic mass is 9.94. The molecule has 0 bridgehead atoms. The average molecular weight is 662 g/mol. The molecule has 0 fully saturated rings. The maximum absolute atomic E-state index is 6.91. The molecule has 0 atom stereocenters. The van der Waals surface area contributed by atoms with Gasteiger partial charge in [0.15, 0.2) is 5.58 Å². The van der Waals surface area contributed by atoms with Crippen LogP contribution in [0.4, 0.5) is 17.1 Å². The molecule has 1 heterocycles. The number of rotatable bonds is 4. The van der Waals surface area contributed by atoms with Gasteiger partial charge in [-0.05, 0) is 96.0 Å². The highest BCUT2D eigenvalue weighted by Crippen LogP contribution is 2.45. The number of para-hydroxylation sites is 1. The Kier molecular flexibility index (Phi) is 6.28. The Balaban J connectivity index is 1.13. The Morgan fingerprint density at radius 1 is 0.308 bits per heavy atom. The third-order valence-electron chi connectivity index (χ3n) is 10.8. The molecule has 0 radical (unpaired) electrons. The van der Waals surface area contributed by atoms with E-state index in [-0.39, 0.29) is 0 Å². The molecule has 11 rings (SSSR count). The van der Waals surface area contributed by atoms with Crippen LogP contribution in [0.1, 0.15) is 0 Å². The molecule has 11 aromatic rings. The molecule has 10 aromatic carbocycles. The van der Waals surface area contributed by atoms with Crippen LogP contribution in [0.3, 0.4) is 0 Å². The van der Waals surface area contributed by atoms with Gasteiger partial charge in [-0.1, -0.05) is 152 Å². The Labute approximate surface area is 300 Å². The quantitative estimate of drug-likeness (QED) is 0.175. The fraction of sp³-hybridized carbons (Fsp3) is 0. The second kappa shape index (κ2) is 11.3. The van der Waals surface area contributed by atoms with E-state index in [9.17, 15) is 0 Å². The summed E-state index contributed by atoms with van der Waals surface area (Å²) in [6, 6.07) is 68.0. The van der Waals surface area contributed by atoms with E-state index in [2.05, 4.69) is 193 Å². The van der Waals surface area contributed by atoms with Crippen LogP contribution in [0.25, 0.3) is 86.9 Å². The van der Waals surface area contributed by atoms with E-state index in [1.165, 1.54) is 59.6 Å². The first kappa shape index (κ1) is 28.9. The highest BCUT2D eigenvalue weighted by Gasteiger charge is 2.21. The van der Waals surface area contributed by atoms with Gasteiger partial charge >= 0.3 is 0 Å². The summed E-state index contributed by atoms with van der Waals surface area (Å²) in [5.41, 5.74) is 7.34. The molecule has 0 aliphatic carbocycles. The van der Waals surface area contributed by atoms with Gasteiger partial charge in [-0.15, -0.1) is 0 Å². The van der Waals surface area contributed by atoms with Gasteiger partial charge in [0.05, 0.1) is 5.69 Å². The Morgan fingerprint density at radius 2 is 0.827 bits per heavy atom. The van der Waals surface area contributed by atoms with Crippen LogP contribution in [0.15, 0.2) is 192 Å². The molecule has 0 unspecified atom stereocenters. The first-order valence-corrected chi connectivity index (χ1v) is 17.8. The molecule has 2 nitrogen and oxygen atoms in total. The number of furan rings is 1. The zero-order valence-electron chi connectivity index (χ0n) is 28.3. The van der Waals surface area contributed by atoms with Crippen molar-refractivity contribution in [2.24, 2.45) is 0 Å². The van der Waals surface area contributed by atoms with Crippen molar-refractivity contribution in [2.75, 3.05) is 4.90 Å². The Hall–Kier alpha value is -6.90. The van der Waals surface area contributed by atoms with Crippen molar-refractivity contribution in [3.63, 3.8) is 0 Å². The molecular weight excluding hydrogens is 631 g/mol. The smallest absolute Gasteiger partial charge is 0.159 e. The summed E-state index contributed by atoms with van der Waals surface area (Å²) in [7, 11) is 0. The summed E-state index contributed by atoms with van der Waals surface area (Å²) in [5, 5.41) is 14.5. The summed E-state index contributed by atoms with van der Waals surface area (Å²) >= 11 is 0. The van der Waals surface area contributed by atoms with Gasteiger partial charge in [-0.3, -0.25) is 0 Å². The number of benzene rings is 10. The van der Waals surface area contributed by atoms with Crippen LogP contribution in [-0.4, -0.2) is 0 Å². The molecule has 0 saturated heterocycles. The highest BCUT2D eigenvalue weighted by molar-refractivity contribution is 6.18. The third kappa shape index (κ3) is 4.38. The zero-order chi connectivity index (χ0) is 34.2. The molecule has 0 spiro atoms. The number of hydrogen-bond donors (Lipinski definition) is 0. The summed E-state index contributed by atoms with van der Waals surface area (Å²) in [6.07, 6.45) is 0. The minimum Gasteiger partial charge on any atom is -0.453 e. The third-order valence-corrected chi connectivity index (χ3v) is 10.8. The van der Waals surface area contributed by atoms with E-state index < -0.39 is 0 Å². The van der Waals surface area contributed by atoms with E-state index in [1.807, 2.05) is 0 Å². The summed E-state index contributed by atoms with van der Waals surface area (Å²) in [6.45, 7) is 0. The Bertz CT molecular complexity index is 3190. The molecular formula is C50H31NO. The van der Waals surface area contributed by atoms with Gasteiger partial charge in [0.1, 0.15) is 5.58 Å².